The van der Waals surface area contributed by atoms with Gasteiger partial charge in [-0.2, -0.15) is 0 Å². The fourth-order valence-electron chi connectivity index (χ4n) is 3.26. The molecule has 0 bridgehead atoms. The summed E-state index contributed by atoms with van der Waals surface area (Å²) in [6.45, 7) is 4.03. The average molecular weight is 355 g/mol. The number of aromatic nitrogens is 1. The number of hydrogen-bond acceptors (Lipinski definition) is 4. The highest BCUT2D eigenvalue weighted by atomic mass is 16.5. The van der Waals surface area contributed by atoms with Gasteiger partial charge in [-0.05, 0) is 31.4 Å². The predicted octanol–water partition coefficient (Wildman–Crippen LogP) is 2.38. The number of nitrogens with one attached hydrogen (secondary N) is 1. The number of amides is 2. The molecule has 1 aromatic carbocycles. The highest BCUT2D eigenvalue weighted by Crippen LogP contribution is 2.23. The van der Waals surface area contributed by atoms with Gasteiger partial charge in [0.25, 0.3) is 0 Å². The molecule has 1 aliphatic rings. The van der Waals surface area contributed by atoms with Crippen molar-refractivity contribution in [1.82, 2.24) is 15.2 Å². The van der Waals surface area contributed by atoms with E-state index >= 15 is 0 Å². The number of fused-ring (bicyclic) bond motifs is 1. The van der Waals surface area contributed by atoms with Crippen molar-refractivity contribution < 1.29 is 14.3 Å². The van der Waals surface area contributed by atoms with Crippen LogP contribution in [0, 0.1) is 5.92 Å². The molecule has 1 fully saturated rings. The van der Waals surface area contributed by atoms with E-state index in [2.05, 4.69) is 10.3 Å². The van der Waals surface area contributed by atoms with Crippen LogP contribution in [-0.4, -0.2) is 47.9 Å². The molecule has 0 saturated carbocycles. The Bertz CT molecular complexity index is 764. The van der Waals surface area contributed by atoms with Crippen molar-refractivity contribution in [3.8, 4) is 5.75 Å². The fraction of sp³-hybridized carbons (Fsp3) is 0.450. The van der Waals surface area contributed by atoms with Gasteiger partial charge in [-0.3, -0.25) is 14.6 Å². The topological polar surface area (TPSA) is 71.5 Å². The van der Waals surface area contributed by atoms with Gasteiger partial charge in [-0.1, -0.05) is 18.2 Å². The third kappa shape index (κ3) is 4.50. The van der Waals surface area contributed by atoms with Crippen LogP contribution in [0.4, 0.5) is 0 Å². The number of hydrogen-bond donors (Lipinski definition) is 1. The predicted molar refractivity (Wildman–Crippen MR) is 99.8 cm³/mol. The summed E-state index contributed by atoms with van der Waals surface area (Å²) >= 11 is 0. The smallest absolute Gasteiger partial charge is 0.223 e. The average Bonchev–Trinajstić information content (AvgIpc) is 2.67. The minimum atomic E-state index is 0.00813. The maximum Gasteiger partial charge on any atom is 0.223 e. The number of rotatable bonds is 6. The van der Waals surface area contributed by atoms with Crippen molar-refractivity contribution in [2.45, 2.75) is 26.2 Å². The second-order valence-corrected chi connectivity index (χ2v) is 6.60. The lowest BCUT2D eigenvalue weighted by Crippen LogP contribution is -2.42. The number of carbonyl (C=O) groups is 2. The summed E-state index contributed by atoms with van der Waals surface area (Å²) in [7, 11) is 0. The number of nitrogens with zero attached hydrogens (tertiary/aromatic N) is 2. The van der Waals surface area contributed by atoms with Crippen LogP contribution in [0.2, 0.25) is 0 Å². The third-order valence-corrected chi connectivity index (χ3v) is 4.78. The number of carbonyl (C=O) groups excluding carboxylic acids is 2. The number of ether oxygens (including phenoxy) is 1. The molecule has 2 amide bonds. The van der Waals surface area contributed by atoms with Crippen LogP contribution in [0.25, 0.3) is 10.9 Å². The molecule has 3 rings (SSSR count). The Morgan fingerprint density at radius 1 is 1.23 bits per heavy atom. The molecule has 2 heterocycles. The molecule has 1 aliphatic heterocycles. The van der Waals surface area contributed by atoms with Gasteiger partial charge in [0.05, 0.1) is 6.61 Å². The highest BCUT2D eigenvalue weighted by molar-refractivity contribution is 5.84. The lowest BCUT2D eigenvalue weighted by atomic mass is 9.96. The van der Waals surface area contributed by atoms with Crippen LogP contribution < -0.4 is 10.1 Å². The summed E-state index contributed by atoms with van der Waals surface area (Å²) in [5.74, 6) is 0.948. The zero-order valence-corrected chi connectivity index (χ0v) is 15.1. The van der Waals surface area contributed by atoms with E-state index in [-0.39, 0.29) is 17.7 Å². The molecule has 1 aromatic heterocycles. The maximum atomic E-state index is 12.2. The SMILES string of the molecule is CC(=O)N1CCC(C(=O)NCCCOc2cccc3cccnc23)CC1. The lowest BCUT2D eigenvalue weighted by Gasteiger charge is -2.30. The van der Waals surface area contributed by atoms with Crippen LogP contribution in [0.3, 0.4) is 0 Å². The van der Waals surface area contributed by atoms with E-state index in [1.807, 2.05) is 30.3 Å². The molecule has 0 radical (unpaired) electrons. The normalized spacial score (nSPS) is 15.0. The summed E-state index contributed by atoms with van der Waals surface area (Å²) in [5.41, 5.74) is 0.858. The van der Waals surface area contributed by atoms with Gasteiger partial charge in [0.15, 0.2) is 0 Å². The summed E-state index contributed by atoms with van der Waals surface area (Å²) in [6, 6.07) is 9.79. The van der Waals surface area contributed by atoms with Gasteiger partial charge in [0, 0.05) is 44.1 Å². The molecule has 2 aromatic rings. The van der Waals surface area contributed by atoms with Gasteiger partial charge in [0.2, 0.25) is 11.8 Å². The minimum Gasteiger partial charge on any atom is -0.491 e. The van der Waals surface area contributed by atoms with Crippen LogP contribution in [0.15, 0.2) is 36.5 Å². The molecule has 0 unspecified atom stereocenters. The van der Waals surface area contributed by atoms with E-state index in [1.165, 1.54) is 0 Å². The minimum absolute atomic E-state index is 0.00813. The Labute approximate surface area is 153 Å². The van der Waals surface area contributed by atoms with Crippen molar-refractivity contribution in [3.63, 3.8) is 0 Å². The second-order valence-electron chi connectivity index (χ2n) is 6.60. The largest absolute Gasteiger partial charge is 0.491 e. The van der Waals surface area contributed by atoms with Crippen LogP contribution in [-0.2, 0) is 9.59 Å². The number of benzene rings is 1. The van der Waals surface area contributed by atoms with Gasteiger partial charge in [-0.25, -0.2) is 0 Å². The molecule has 6 heteroatoms. The van der Waals surface area contributed by atoms with Crippen molar-refractivity contribution in [2.24, 2.45) is 5.92 Å². The van der Waals surface area contributed by atoms with Crippen molar-refractivity contribution in [2.75, 3.05) is 26.2 Å². The van der Waals surface area contributed by atoms with Crippen molar-refractivity contribution in [3.05, 3.63) is 36.5 Å². The second kappa shape index (κ2) is 8.65. The highest BCUT2D eigenvalue weighted by Gasteiger charge is 2.25. The van der Waals surface area contributed by atoms with E-state index in [9.17, 15) is 9.59 Å². The number of piperidine rings is 1. The zero-order chi connectivity index (χ0) is 18.4. The van der Waals surface area contributed by atoms with Crippen molar-refractivity contribution in [1.29, 1.82) is 0 Å². The molecule has 0 atom stereocenters. The van der Waals surface area contributed by atoms with Gasteiger partial charge in [0.1, 0.15) is 11.3 Å². The molecule has 1 saturated heterocycles. The third-order valence-electron chi connectivity index (χ3n) is 4.78. The van der Waals surface area contributed by atoms with E-state index in [0.29, 0.717) is 26.2 Å². The molecule has 26 heavy (non-hydrogen) atoms. The Morgan fingerprint density at radius 2 is 2.00 bits per heavy atom. The summed E-state index contributed by atoms with van der Waals surface area (Å²) in [5, 5.41) is 4.03. The molecule has 0 aliphatic carbocycles. The Kier molecular flexibility index (Phi) is 6.04. The molecular formula is C20H25N3O3. The van der Waals surface area contributed by atoms with Gasteiger partial charge in [-0.15, -0.1) is 0 Å². The van der Waals surface area contributed by atoms with Crippen LogP contribution in [0.5, 0.6) is 5.75 Å². The Hall–Kier alpha value is -2.63. The van der Waals surface area contributed by atoms with Gasteiger partial charge >= 0.3 is 0 Å². The quantitative estimate of drug-likeness (QED) is 0.808. The molecule has 0 spiro atoms. The van der Waals surface area contributed by atoms with E-state index in [0.717, 1.165) is 35.9 Å². The fourth-order valence-corrected chi connectivity index (χ4v) is 3.26. The van der Waals surface area contributed by atoms with Gasteiger partial charge < -0.3 is 15.0 Å². The lowest BCUT2D eigenvalue weighted by molar-refractivity contribution is -0.133. The monoisotopic (exact) mass is 355 g/mol. The van der Waals surface area contributed by atoms with E-state index < -0.39 is 0 Å². The first-order valence-corrected chi connectivity index (χ1v) is 9.15. The standard InChI is InChI=1S/C20H25N3O3/c1-15(24)23-12-8-17(9-13-23)20(25)22-11-4-14-26-18-7-2-5-16-6-3-10-21-19(16)18/h2-3,5-7,10,17H,4,8-9,11-14H2,1H3,(H,22,25). The molecule has 138 valence electrons. The number of pyridine rings is 1. The maximum absolute atomic E-state index is 12.2. The first-order valence-electron chi connectivity index (χ1n) is 9.15. The first-order chi connectivity index (χ1) is 12.6. The summed E-state index contributed by atoms with van der Waals surface area (Å²) < 4.78 is 5.83. The first kappa shape index (κ1) is 18.2. The van der Waals surface area contributed by atoms with E-state index in [4.69, 9.17) is 4.74 Å². The van der Waals surface area contributed by atoms with Crippen LogP contribution in [0.1, 0.15) is 26.2 Å². The Balaban J connectivity index is 1.38. The number of likely N-dealkylation sites (tertiary alicyclic amines) is 1. The molecule has 1 N–H and O–H groups in total. The van der Waals surface area contributed by atoms with E-state index in [1.54, 1.807) is 18.0 Å². The Morgan fingerprint density at radius 3 is 2.77 bits per heavy atom. The summed E-state index contributed by atoms with van der Waals surface area (Å²) in [6.07, 6.45) is 3.97. The zero-order valence-electron chi connectivity index (χ0n) is 15.1. The molecule has 6 nitrogen and oxygen atoms in total. The van der Waals surface area contributed by atoms with Crippen molar-refractivity contribution >= 4 is 22.7 Å². The molecular weight excluding hydrogens is 330 g/mol. The van der Waals surface area contributed by atoms with Crippen LogP contribution >= 0.6 is 0 Å². The number of para-hydroxylation sites is 1. The summed E-state index contributed by atoms with van der Waals surface area (Å²) in [4.78, 5) is 29.7.